The van der Waals surface area contributed by atoms with Gasteiger partial charge in [0.15, 0.2) is 0 Å². The molecule has 1 aliphatic heterocycles. The van der Waals surface area contributed by atoms with Crippen molar-refractivity contribution in [2.75, 3.05) is 20.1 Å². The van der Waals surface area contributed by atoms with Gasteiger partial charge in [-0.25, -0.2) is 0 Å². The molecule has 0 spiro atoms. The molecule has 0 aromatic rings. The summed E-state index contributed by atoms with van der Waals surface area (Å²) in [7, 11) is 1.88. The number of aliphatic hydroxyl groups is 1. The molecule has 0 aromatic heterocycles. The number of nitrogens with zero attached hydrogens (tertiary/aromatic N) is 1. The molecule has 2 fully saturated rings. The van der Waals surface area contributed by atoms with E-state index in [-0.39, 0.29) is 18.1 Å². The fourth-order valence-electron chi connectivity index (χ4n) is 2.94. The van der Waals surface area contributed by atoms with E-state index in [2.05, 4.69) is 12.2 Å². The lowest BCUT2D eigenvalue weighted by atomic mass is 9.82. The third kappa shape index (κ3) is 2.99. The van der Waals surface area contributed by atoms with Gasteiger partial charge >= 0.3 is 0 Å². The Bertz CT molecular complexity index is 277. The molecule has 17 heavy (non-hydrogen) atoms. The van der Waals surface area contributed by atoms with Gasteiger partial charge in [0, 0.05) is 13.6 Å². The van der Waals surface area contributed by atoms with Gasteiger partial charge < -0.3 is 15.3 Å². The number of hydrogen-bond acceptors (Lipinski definition) is 3. The van der Waals surface area contributed by atoms with Crippen molar-refractivity contribution in [3.63, 3.8) is 0 Å². The van der Waals surface area contributed by atoms with Crippen molar-refractivity contribution in [2.24, 2.45) is 11.8 Å². The Morgan fingerprint density at radius 1 is 1.47 bits per heavy atom. The molecule has 2 rings (SSSR count). The van der Waals surface area contributed by atoms with Crippen LogP contribution < -0.4 is 5.32 Å². The molecule has 1 saturated heterocycles. The summed E-state index contributed by atoms with van der Waals surface area (Å²) in [5, 5.41) is 12.6. The van der Waals surface area contributed by atoms with E-state index in [0.29, 0.717) is 11.8 Å². The Morgan fingerprint density at radius 3 is 2.76 bits per heavy atom. The smallest absolute Gasteiger partial charge is 0.239 e. The van der Waals surface area contributed by atoms with Gasteiger partial charge in [0.25, 0.3) is 0 Å². The second kappa shape index (κ2) is 5.36. The van der Waals surface area contributed by atoms with Crippen LogP contribution in [0.25, 0.3) is 0 Å². The first-order valence-corrected chi connectivity index (χ1v) is 6.74. The predicted molar refractivity (Wildman–Crippen MR) is 66.6 cm³/mol. The van der Waals surface area contributed by atoms with E-state index in [9.17, 15) is 9.90 Å². The lowest BCUT2D eigenvalue weighted by Gasteiger charge is -2.37. The fourth-order valence-corrected chi connectivity index (χ4v) is 2.94. The van der Waals surface area contributed by atoms with E-state index >= 15 is 0 Å². The summed E-state index contributed by atoms with van der Waals surface area (Å²) >= 11 is 0. The van der Waals surface area contributed by atoms with Crippen molar-refractivity contribution in [3.05, 3.63) is 0 Å². The van der Waals surface area contributed by atoms with Crippen LogP contribution in [0, 0.1) is 11.8 Å². The van der Waals surface area contributed by atoms with Crippen LogP contribution in [-0.2, 0) is 4.79 Å². The van der Waals surface area contributed by atoms with Gasteiger partial charge in [-0.1, -0.05) is 6.92 Å². The average Bonchev–Trinajstić information content (AvgIpc) is 2.26. The van der Waals surface area contributed by atoms with Crippen molar-refractivity contribution in [2.45, 2.75) is 44.8 Å². The highest BCUT2D eigenvalue weighted by molar-refractivity contribution is 5.82. The van der Waals surface area contributed by atoms with Crippen molar-refractivity contribution in [1.29, 1.82) is 0 Å². The van der Waals surface area contributed by atoms with Crippen molar-refractivity contribution >= 4 is 5.91 Å². The maximum Gasteiger partial charge on any atom is 0.239 e. The average molecular weight is 240 g/mol. The molecule has 1 aliphatic carbocycles. The highest BCUT2D eigenvalue weighted by atomic mass is 16.3. The molecule has 1 saturated carbocycles. The van der Waals surface area contributed by atoms with Crippen LogP contribution in [0.2, 0.25) is 0 Å². The number of carbonyl (C=O) groups is 1. The fraction of sp³-hybridized carbons (Fsp3) is 0.923. The normalized spacial score (nSPS) is 37.4. The quantitative estimate of drug-likeness (QED) is 0.760. The summed E-state index contributed by atoms with van der Waals surface area (Å²) in [6, 6.07) is -0.00116. The number of carbonyl (C=O) groups excluding carboxylic acids is 1. The minimum atomic E-state index is -0.129. The number of piperidine rings is 1. The van der Waals surface area contributed by atoms with Crippen molar-refractivity contribution in [3.8, 4) is 0 Å². The van der Waals surface area contributed by atoms with Gasteiger partial charge in [-0.15, -0.1) is 0 Å². The molecule has 1 amide bonds. The van der Waals surface area contributed by atoms with E-state index in [0.717, 1.165) is 32.4 Å². The molecule has 2 N–H and O–H groups in total. The van der Waals surface area contributed by atoms with Gasteiger partial charge in [0.05, 0.1) is 12.1 Å². The van der Waals surface area contributed by atoms with Gasteiger partial charge in [-0.2, -0.15) is 0 Å². The van der Waals surface area contributed by atoms with Crippen LogP contribution in [0.5, 0.6) is 0 Å². The SMILES string of the molecule is CC1CCCNC1C(=O)N(C)CC1CC(O)C1. The topological polar surface area (TPSA) is 52.6 Å². The van der Waals surface area contributed by atoms with E-state index < -0.39 is 0 Å². The van der Waals surface area contributed by atoms with Crippen molar-refractivity contribution < 1.29 is 9.90 Å². The Balaban J connectivity index is 1.81. The third-order valence-electron chi connectivity index (χ3n) is 4.15. The van der Waals surface area contributed by atoms with Gasteiger partial charge in [0.1, 0.15) is 0 Å². The lowest BCUT2D eigenvalue weighted by Crippen LogP contribution is -2.52. The number of amides is 1. The molecule has 0 aromatic carbocycles. The predicted octanol–water partition coefficient (Wildman–Crippen LogP) is 0.604. The first kappa shape index (κ1) is 12.8. The highest BCUT2D eigenvalue weighted by Gasteiger charge is 2.33. The molecule has 2 unspecified atom stereocenters. The maximum atomic E-state index is 12.3. The number of aliphatic hydroxyl groups excluding tert-OH is 1. The number of nitrogens with one attached hydrogen (secondary N) is 1. The molecule has 1 heterocycles. The van der Waals surface area contributed by atoms with Gasteiger partial charge in [0.2, 0.25) is 5.91 Å². The Kier molecular flexibility index (Phi) is 4.05. The summed E-state index contributed by atoms with van der Waals surface area (Å²) in [5.74, 6) is 1.15. The zero-order chi connectivity index (χ0) is 12.4. The van der Waals surface area contributed by atoms with Crippen LogP contribution in [0.3, 0.4) is 0 Å². The number of likely N-dealkylation sites (N-methyl/N-ethyl adjacent to an activating group) is 1. The Morgan fingerprint density at radius 2 is 2.18 bits per heavy atom. The van der Waals surface area contributed by atoms with Gasteiger partial charge in [-0.3, -0.25) is 4.79 Å². The zero-order valence-corrected chi connectivity index (χ0v) is 10.9. The molecular weight excluding hydrogens is 216 g/mol. The standard InChI is InChI=1S/C13H24N2O2/c1-9-4-3-5-14-12(9)13(17)15(2)8-10-6-11(16)7-10/h9-12,14,16H,3-8H2,1-2H3. The van der Waals surface area contributed by atoms with Crippen LogP contribution in [0.15, 0.2) is 0 Å². The third-order valence-corrected chi connectivity index (χ3v) is 4.15. The minimum Gasteiger partial charge on any atom is -0.393 e. The van der Waals surface area contributed by atoms with Crippen LogP contribution in [0.4, 0.5) is 0 Å². The van der Waals surface area contributed by atoms with E-state index in [1.54, 1.807) is 0 Å². The summed E-state index contributed by atoms with van der Waals surface area (Å²) < 4.78 is 0. The second-order valence-electron chi connectivity index (χ2n) is 5.76. The van der Waals surface area contributed by atoms with Crippen LogP contribution in [0.1, 0.15) is 32.6 Å². The number of hydrogen-bond donors (Lipinski definition) is 2. The van der Waals surface area contributed by atoms with Crippen molar-refractivity contribution in [1.82, 2.24) is 10.2 Å². The lowest BCUT2D eigenvalue weighted by molar-refractivity contribution is -0.135. The van der Waals surface area contributed by atoms with Gasteiger partial charge in [-0.05, 0) is 44.1 Å². The van der Waals surface area contributed by atoms with E-state index in [1.165, 1.54) is 6.42 Å². The molecule has 4 nitrogen and oxygen atoms in total. The first-order chi connectivity index (χ1) is 8.08. The molecule has 2 atom stereocenters. The van der Waals surface area contributed by atoms with Crippen LogP contribution >= 0.6 is 0 Å². The molecule has 0 bridgehead atoms. The molecule has 4 heteroatoms. The highest BCUT2D eigenvalue weighted by Crippen LogP contribution is 2.28. The summed E-state index contributed by atoms with van der Waals surface area (Å²) in [4.78, 5) is 14.1. The largest absolute Gasteiger partial charge is 0.393 e. The summed E-state index contributed by atoms with van der Waals surface area (Å²) in [6.07, 6.45) is 3.88. The zero-order valence-electron chi connectivity index (χ0n) is 10.9. The van der Waals surface area contributed by atoms with E-state index in [1.807, 2.05) is 11.9 Å². The second-order valence-corrected chi connectivity index (χ2v) is 5.76. The summed E-state index contributed by atoms with van der Waals surface area (Å²) in [5.41, 5.74) is 0. The Hall–Kier alpha value is -0.610. The van der Waals surface area contributed by atoms with E-state index in [4.69, 9.17) is 0 Å². The monoisotopic (exact) mass is 240 g/mol. The molecule has 98 valence electrons. The summed E-state index contributed by atoms with van der Waals surface area (Å²) in [6.45, 7) is 3.90. The Labute approximate surface area is 103 Å². The molecule has 2 aliphatic rings. The number of rotatable bonds is 3. The van der Waals surface area contributed by atoms with Crippen LogP contribution in [-0.4, -0.2) is 48.2 Å². The first-order valence-electron chi connectivity index (χ1n) is 6.74. The maximum absolute atomic E-state index is 12.3. The minimum absolute atomic E-state index is 0.00116. The molecule has 0 radical (unpaired) electrons. The molecular formula is C13H24N2O2.